The van der Waals surface area contributed by atoms with Crippen LogP contribution in [0.2, 0.25) is 0 Å². The number of nitrogens with zero attached hydrogens (tertiary/aromatic N) is 2. The van der Waals surface area contributed by atoms with Crippen LogP contribution >= 0.6 is 15.9 Å². The predicted molar refractivity (Wildman–Crippen MR) is 91.2 cm³/mol. The predicted octanol–water partition coefficient (Wildman–Crippen LogP) is 4.42. The molecular weight excluding hydrogens is 324 g/mol. The quantitative estimate of drug-likeness (QED) is 0.749. The Bertz CT molecular complexity index is 632. The van der Waals surface area contributed by atoms with Crippen LogP contribution in [0, 0.1) is 6.92 Å². The van der Waals surface area contributed by atoms with Crippen molar-refractivity contribution in [2.24, 2.45) is 0 Å². The van der Waals surface area contributed by atoms with E-state index in [-0.39, 0.29) is 5.41 Å². The summed E-state index contributed by atoms with van der Waals surface area (Å²) < 4.78 is 2.16. The van der Waals surface area contributed by atoms with Crippen LogP contribution in [0.3, 0.4) is 0 Å². The minimum atomic E-state index is 0.217. The Labute approximate surface area is 135 Å². The number of halogens is 1. The topological polar surface area (TPSA) is 17.8 Å². The highest BCUT2D eigenvalue weighted by atomic mass is 79.9. The second-order valence-corrected chi connectivity index (χ2v) is 6.75. The lowest BCUT2D eigenvalue weighted by atomic mass is 9.69. The Balaban J connectivity index is 2.02. The standard InChI is InChI=1S/C18H23BrN2/c1-3-21-16(11-14(2)20-21)12-18(13-19)10-6-8-15-7-4-5-9-17(15)18/h4-5,7,9,11H,3,6,8,10,12-13H2,1-2H3. The van der Waals surface area contributed by atoms with Crippen LogP contribution in [-0.4, -0.2) is 15.1 Å². The highest BCUT2D eigenvalue weighted by Gasteiger charge is 2.36. The van der Waals surface area contributed by atoms with Crippen molar-refractivity contribution in [1.29, 1.82) is 0 Å². The molecule has 1 atom stereocenters. The van der Waals surface area contributed by atoms with E-state index < -0.39 is 0 Å². The van der Waals surface area contributed by atoms with Crippen LogP contribution in [0.1, 0.15) is 42.3 Å². The van der Waals surface area contributed by atoms with Crippen molar-refractivity contribution in [3.8, 4) is 0 Å². The van der Waals surface area contributed by atoms with Gasteiger partial charge in [-0.25, -0.2) is 0 Å². The number of benzene rings is 1. The molecule has 1 aromatic heterocycles. The van der Waals surface area contributed by atoms with Gasteiger partial charge in [0.2, 0.25) is 0 Å². The van der Waals surface area contributed by atoms with Crippen molar-refractivity contribution in [3.63, 3.8) is 0 Å². The molecule has 0 radical (unpaired) electrons. The molecular formula is C18H23BrN2. The molecule has 0 spiro atoms. The minimum absolute atomic E-state index is 0.217. The van der Waals surface area contributed by atoms with Crippen molar-refractivity contribution in [2.75, 3.05) is 5.33 Å². The average molecular weight is 347 g/mol. The monoisotopic (exact) mass is 346 g/mol. The fraction of sp³-hybridized carbons (Fsp3) is 0.500. The molecule has 3 rings (SSSR count). The summed E-state index contributed by atoms with van der Waals surface area (Å²) >= 11 is 3.82. The maximum absolute atomic E-state index is 4.62. The first kappa shape index (κ1) is 14.8. The lowest BCUT2D eigenvalue weighted by Crippen LogP contribution is -2.35. The van der Waals surface area contributed by atoms with Gasteiger partial charge in [-0.3, -0.25) is 4.68 Å². The molecule has 1 heterocycles. The third kappa shape index (κ3) is 2.68. The van der Waals surface area contributed by atoms with Crippen LogP contribution in [0.4, 0.5) is 0 Å². The van der Waals surface area contributed by atoms with Gasteiger partial charge in [0.25, 0.3) is 0 Å². The van der Waals surface area contributed by atoms with E-state index in [1.807, 2.05) is 0 Å². The Kier molecular flexibility index (Phi) is 4.21. The van der Waals surface area contributed by atoms with E-state index in [1.54, 1.807) is 0 Å². The number of aromatic nitrogens is 2. The van der Waals surface area contributed by atoms with Crippen molar-refractivity contribution in [1.82, 2.24) is 9.78 Å². The summed E-state index contributed by atoms with van der Waals surface area (Å²) in [5, 5.41) is 5.64. The van der Waals surface area contributed by atoms with E-state index in [1.165, 1.54) is 36.1 Å². The molecule has 0 saturated heterocycles. The second-order valence-electron chi connectivity index (χ2n) is 6.19. The van der Waals surface area contributed by atoms with Gasteiger partial charge in [0.15, 0.2) is 0 Å². The second kappa shape index (κ2) is 5.96. The van der Waals surface area contributed by atoms with Gasteiger partial charge in [-0.1, -0.05) is 40.2 Å². The molecule has 21 heavy (non-hydrogen) atoms. The fourth-order valence-corrected chi connectivity index (χ4v) is 4.52. The number of alkyl halides is 1. The minimum Gasteiger partial charge on any atom is -0.270 e. The van der Waals surface area contributed by atoms with Crippen LogP contribution in [0.5, 0.6) is 0 Å². The molecule has 1 aliphatic carbocycles. The summed E-state index contributed by atoms with van der Waals surface area (Å²) in [4.78, 5) is 0. The van der Waals surface area contributed by atoms with Crippen LogP contribution in [0.25, 0.3) is 0 Å². The molecule has 0 fully saturated rings. The summed E-state index contributed by atoms with van der Waals surface area (Å²) in [6.07, 6.45) is 4.83. The Morgan fingerprint density at radius 2 is 2.14 bits per heavy atom. The maximum atomic E-state index is 4.62. The molecule has 3 heteroatoms. The molecule has 1 aliphatic rings. The van der Waals surface area contributed by atoms with Crippen molar-refractivity contribution < 1.29 is 0 Å². The fourth-order valence-electron chi connectivity index (χ4n) is 3.74. The smallest absolute Gasteiger partial charge is 0.0596 e. The first-order valence-corrected chi connectivity index (χ1v) is 8.98. The highest BCUT2D eigenvalue weighted by molar-refractivity contribution is 9.09. The molecule has 112 valence electrons. The molecule has 0 N–H and O–H groups in total. The molecule has 1 unspecified atom stereocenters. The van der Waals surface area contributed by atoms with E-state index in [0.29, 0.717) is 0 Å². The molecule has 1 aromatic carbocycles. The van der Waals surface area contributed by atoms with Crippen molar-refractivity contribution >= 4 is 15.9 Å². The maximum Gasteiger partial charge on any atom is 0.0596 e. The van der Waals surface area contributed by atoms with Crippen LogP contribution < -0.4 is 0 Å². The van der Waals surface area contributed by atoms with Gasteiger partial charge in [-0.05, 0) is 56.7 Å². The summed E-state index contributed by atoms with van der Waals surface area (Å²) in [7, 11) is 0. The van der Waals surface area contributed by atoms with Crippen molar-refractivity contribution in [3.05, 3.63) is 52.8 Å². The third-order valence-electron chi connectivity index (χ3n) is 4.75. The number of fused-ring (bicyclic) bond motifs is 1. The lowest BCUT2D eigenvalue weighted by Gasteiger charge is -2.38. The van der Waals surface area contributed by atoms with Gasteiger partial charge in [-0.2, -0.15) is 5.10 Å². The van der Waals surface area contributed by atoms with E-state index in [4.69, 9.17) is 0 Å². The molecule has 2 nitrogen and oxygen atoms in total. The zero-order valence-electron chi connectivity index (χ0n) is 12.9. The van der Waals surface area contributed by atoms with Crippen LogP contribution in [-0.2, 0) is 24.8 Å². The highest BCUT2D eigenvalue weighted by Crippen LogP contribution is 2.41. The third-order valence-corrected chi connectivity index (χ3v) is 5.82. The first-order valence-electron chi connectivity index (χ1n) is 7.86. The van der Waals surface area contributed by atoms with E-state index >= 15 is 0 Å². The van der Waals surface area contributed by atoms with E-state index in [2.05, 4.69) is 69.9 Å². The largest absolute Gasteiger partial charge is 0.270 e. The van der Waals surface area contributed by atoms with Crippen molar-refractivity contribution in [2.45, 2.75) is 51.5 Å². The van der Waals surface area contributed by atoms with Gasteiger partial charge in [0, 0.05) is 23.0 Å². The number of aryl methyl sites for hydroxylation is 3. The molecule has 0 amide bonds. The summed E-state index contributed by atoms with van der Waals surface area (Å²) in [6, 6.07) is 11.2. The van der Waals surface area contributed by atoms with Gasteiger partial charge in [0.1, 0.15) is 0 Å². The van der Waals surface area contributed by atoms with Gasteiger partial charge >= 0.3 is 0 Å². The molecule has 2 aromatic rings. The summed E-state index contributed by atoms with van der Waals surface area (Å²) in [6.45, 7) is 5.21. The first-order chi connectivity index (χ1) is 10.2. The Morgan fingerprint density at radius 3 is 2.90 bits per heavy atom. The summed E-state index contributed by atoms with van der Waals surface area (Å²) in [5.41, 5.74) is 5.78. The summed E-state index contributed by atoms with van der Waals surface area (Å²) in [5.74, 6) is 0. The van der Waals surface area contributed by atoms with E-state index in [9.17, 15) is 0 Å². The normalized spacial score (nSPS) is 21.3. The number of rotatable bonds is 4. The van der Waals surface area contributed by atoms with E-state index in [0.717, 1.165) is 24.0 Å². The molecule has 0 aliphatic heterocycles. The van der Waals surface area contributed by atoms with Gasteiger partial charge < -0.3 is 0 Å². The van der Waals surface area contributed by atoms with Gasteiger partial charge in [0.05, 0.1) is 5.69 Å². The SMILES string of the molecule is CCn1nc(C)cc1CC1(CBr)CCCc2ccccc21. The Hall–Kier alpha value is -1.09. The number of hydrogen-bond acceptors (Lipinski definition) is 1. The Morgan fingerprint density at radius 1 is 1.33 bits per heavy atom. The lowest BCUT2D eigenvalue weighted by molar-refractivity contribution is 0.388. The number of hydrogen-bond donors (Lipinski definition) is 0. The molecule has 0 saturated carbocycles. The zero-order valence-corrected chi connectivity index (χ0v) is 14.5. The molecule has 0 bridgehead atoms. The van der Waals surface area contributed by atoms with Gasteiger partial charge in [-0.15, -0.1) is 0 Å². The van der Waals surface area contributed by atoms with Crippen LogP contribution in [0.15, 0.2) is 30.3 Å². The average Bonchev–Trinajstić information content (AvgIpc) is 2.87. The zero-order chi connectivity index (χ0) is 14.9.